The summed E-state index contributed by atoms with van der Waals surface area (Å²) in [5.74, 6) is -1.53. The minimum Gasteiger partial charge on any atom is -0.423 e. The number of rotatable bonds is 4. The maximum absolute atomic E-state index is 12.1. The zero-order chi connectivity index (χ0) is 17.9. The number of alkyl halides is 3. The van der Waals surface area contributed by atoms with E-state index in [-0.39, 0.29) is 17.0 Å². The number of nitro benzene ring substituents is 1. The second-order valence-electron chi connectivity index (χ2n) is 4.33. The summed E-state index contributed by atoms with van der Waals surface area (Å²) in [6.45, 7) is 0. The molecule has 0 spiro atoms. The quantitative estimate of drug-likeness (QED) is 0.350. The number of esters is 1. The fraction of sp³-hybridized carbons (Fsp3) is 0.0714. The van der Waals surface area contributed by atoms with Crippen molar-refractivity contribution in [2.24, 2.45) is 0 Å². The number of nitrogens with zero attached hydrogens (tertiary/aromatic N) is 1. The number of carbonyl (C=O) groups excluding carboxylic acids is 1. The summed E-state index contributed by atoms with van der Waals surface area (Å²) >= 11 is 5.63. The summed E-state index contributed by atoms with van der Waals surface area (Å²) in [5.41, 5.74) is -0.306. The molecule has 0 saturated heterocycles. The molecule has 2 aromatic rings. The molecular formula is C14H7ClF3NO5. The zero-order valence-electron chi connectivity index (χ0n) is 11.5. The van der Waals surface area contributed by atoms with E-state index in [2.05, 4.69) is 4.74 Å². The molecule has 10 heteroatoms. The molecular weight excluding hydrogens is 355 g/mol. The van der Waals surface area contributed by atoms with Gasteiger partial charge in [-0.3, -0.25) is 10.1 Å². The first kappa shape index (κ1) is 17.5. The number of hydrogen-bond donors (Lipinski definition) is 0. The highest BCUT2D eigenvalue weighted by atomic mass is 35.5. The van der Waals surface area contributed by atoms with Crippen LogP contribution < -0.4 is 9.47 Å². The number of non-ortho nitro benzene ring substituents is 1. The van der Waals surface area contributed by atoms with Crippen LogP contribution in [0.5, 0.6) is 11.5 Å². The molecule has 0 N–H and O–H groups in total. The third-order valence-corrected chi connectivity index (χ3v) is 2.95. The summed E-state index contributed by atoms with van der Waals surface area (Å²) in [4.78, 5) is 21.8. The minimum absolute atomic E-state index is 0.0253. The summed E-state index contributed by atoms with van der Waals surface area (Å²) in [6, 6.07) is 7.56. The Balaban J connectivity index is 2.12. The fourth-order valence-corrected chi connectivity index (χ4v) is 1.86. The summed E-state index contributed by atoms with van der Waals surface area (Å²) < 4.78 is 45.0. The van der Waals surface area contributed by atoms with Gasteiger partial charge in [-0.15, -0.1) is 13.2 Å². The maximum atomic E-state index is 12.1. The number of nitro groups is 1. The van der Waals surface area contributed by atoms with Crippen molar-refractivity contribution in [2.75, 3.05) is 0 Å². The lowest BCUT2D eigenvalue weighted by molar-refractivity contribution is -0.384. The van der Waals surface area contributed by atoms with Gasteiger partial charge in [-0.05, 0) is 30.3 Å². The molecule has 24 heavy (non-hydrogen) atoms. The van der Waals surface area contributed by atoms with E-state index in [0.717, 1.165) is 30.3 Å². The third-order valence-electron chi connectivity index (χ3n) is 2.65. The fourth-order valence-electron chi connectivity index (χ4n) is 1.64. The molecule has 2 aromatic carbocycles. The lowest BCUT2D eigenvalue weighted by atomic mass is 10.2. The van der Waals surface area contributed by atoms with Crippen molar-refractivity contribution < 1.29 is 32.4 Å². The third kappa shape index (κ3) is 4.59. The summed E-state index contributed by atoms with van der Waals surface area (Å²) in [7, 11) is 0. The van der Waals surface area contributed by atoms with E-state index in [1.54, 1.807) is 0 Å². The Bertz CT molecular complexity index is 777. The van der Waals surface area contributed by atoms with Gasteiger partial charge >= 0.3 is 12.3 Å². The molecule has 2 rings (SSSR count). The van der Waals surface area contributed by atoms with Crippen molar-refractivity contribution in [3.8, 4) is 11.5 Å². The molecule has 126 valence electrons. The Kier molecular flexibility index (Phi) is 4.93. The van der Waals surface area contributed by atoms with Crippen LogP contribution in [0.4, 0.5) is 18.9 Å². The highest BCUT2D eigenvalue weighted by Gasteiger charge is 2.32. The standard InChI is InChI=1S/C14H7ClF3NO5/c15-11-7-8(1-6-12(11)24-14(16,17)18)13(20)23-10-4-2-9(3-5-10)19(21)22/h1-7H. The van der Waals surface area contributed by atoms with Crippen molar-refractivity contribution >= 4 is 23.3 Å². The van der Waals surface area contributed by atoms with Gasteiger partial charge in [0.15, 0.2) is 0 Å². The maximum Gasteiger partial charge on any atom is 0.573 e. The van der Waals surface area contributed by atoms with Crippen LogP contribution in [0.15, 0.2) is 42.5 Å². The molecule has 0 bridgehead atoms. The summed E-state index contributed by atoms with van der Waals surface area (Å²) in [6.07, 6.45) is -4.91. The van der Waals surface area contributed by atoms with Crippen LogP contribution in [-0.4, -0.2) is 17.3 Å². The molecule has 0 unspecified atom stereocenters. The first-order chi connectivity index (χ1) is 11.2. The normalized spacial score (nSPS) is 11.0. The Morgan fingerprint density at radius 1 is 1.12 bits per heavy atom. The number of ether oxygens (including phenoxy) is 2. The molecule has 0 aliphatic heterocycles. The highest BCUT2D eigenvalue weighted by Crippen LogP contribution is 2.31. The monoisotopic (exact) mass is 361 g/mol. The minimum atomic E-state index is -4.91. The molecule has 0 heterocycles. The first-order valence-corrected chi connectivity index (χ1v) is 6.55. The van der Waals surface area contributed by atoms with Crippen LogP contribution >= 0.6 is 11.6 Å². The van der Waals surface area contributed by atoms with Crippen LogP contribution in [0.2, 0.25) is 5.02 Å². The molecule has 0 aromatic heterocycles. The van der Waals surface area contributed by atoms with Crippen molar-refractivity contribution in [1.29, 1.82) is 0 Å². The Morgan fingerprint density at radius 2 is 1.75 bits per heavy atom. The molecule has 0 aliphatic carbocycles. The van der Waals surface area contributed by atoms with Crippen molar-refractivity contribution in [1.82, 2.24) is 0 Å². The van der Waals surface area contributed by atoms with Crippen LogP contribution in [0.25, 0.3) is 0 Å². The number of carbonyl (C=O) groups is 1. The van der Waals surface area contributed by atoms with Gasteiger partial charge in [0, 0.05) is 12.1 Å². The van der Waals surface area contributed by atoms with Gasteiger partial charge in [-0.1, -0.05) is 11.6 Å². The van der Waals surface area contributed by atoms with Crippen LogP contribution in [-0.2, 0) is 0 Å². The topological polar surface area (TPSA) is 78.7 Å². The SMILES string of the molecule is O=C(Oc1ccc([N+](=O)[O-])cc1)c1ccc(OC(F)(F)F)c(Cl)c1. The second-order valence-corrected chi connectivity index (χ2v) is 4.74. The van der Waals surface area contributed by atoms with Gasteiger partial charge in [0.2, 0.25) is 0 Å². The smallest absolute Gasteiger partial charge is 0.423 e. The average Bonchev–Trinajstić information content (AvgIpc) is 2.48. The predicted octanol–water partition coefficient (Wildman–Crippen LogP) is 4.37. The largest absolute Gasteiger partial charge is 0.573 e. The molecule has 0 amide bonds. The lowest BCUT2D eigenvalue weighted by Gasteiger charge is -2.11. The van der Waals surface area contributed by atoms with E-state index in [4.69, 9.17) is 16.3 Å². The lowest BCUT2D eigenvalue weighted by Crippen LogP contribution is -2.17. The van der Waals surface area contributed by atoms with E-state index in [1.807, 2.05) is 0 Å². The van der Waals surface area contributed by atoms with Crippen molar-refractivity contribution in [3.63, 3.8) is 0 Å². The van der Waals surface area contributed by atoms with E-state index in [1.165, 1.54) is 12.1 Å². The molecule has 0 saturated carbocycles. The Morgan fingerprint density at radius 3 is 2.25 bits per heavy atom. The van der Waals surface area contributed by atoms with Crippen LogP contribution in [0.3, 0.4) is 0 Å². The average molecular weight is 362 g/mol. The predicted molar refractivity (Wildman–Crippen MR) is 76.2 cm³/mol. The number of hydrogen-bond acceptors (Lipinski definition) is 5. The highest BCUT2D eigenvalue weighted by molar-refractivity contribution is 6.32. The van der Waals surface area contributed by atoms with Crippen molar-refractivity contribution in [3.05, 3.63) is 63.2 Å². The second kappa shape index (κ2) is 6.75. The van der Waals surface area contributed by atoms with E-state index >= 15 is 0 Å². The molecule has 0 aliphatic rings. The van der Waals surface area contributed by atoms with Gasteiger partial charge in [0.05, 0.1) is 15.5 Å². The number of benzene rings is 2. The molecule has 0 fully saturated rings. The van der Waals surface area contributed by atoms with Crippen molar-refractivity contribution in [2.45, 2.75) is 6.36 Å². The Hall–Kier alpha value is -2.81. The van der Waals surface area contributed by atoms with Crippen LogP contribution in [0.1, 0.15) is 10.4 Å². The number of halogens is 4. The molecule has 0 radical (unpaired) electrons. The van der Waals surface area contributed by atoms with Gasteiger partial charge in [-0.2, -0.15) is 0 Å². The van der Waals surface area contributed by atoms with E-state index in [0.29, 0.717) is 0 Å². The Labute approximate surface area is 137 Å². The van der Waals surface area contributed by atoms with E-state index < -0.39 is 28.0 Å². The zero-order valence-corrected chi connectivity index (χ0v) is 12.3. The first-order valence-electron chi connectivity index (χ1n) is 6.17. The molecule has 6 nitrogen and oxygen atoms in total. The summed E-state index contributed by atoms with van der Waals surface area (Å²) in [5, 5.41) is 10.1. The van der Waals surface area contributed by atoms with E-state index in [9.17, 15) is 28.1 Å². The van der Waals surface area contributed by atoms with Gasteiger partial charge in [0.1, 0.15) is 11.5 Å². The van der Waals surface area contributed by atoms with Gasteiger partial charge in [0.25, 0.3) is 5.69 Å². The van der Waals surface area contributed by atoms with Gasteiger partial charge < -0.3 is 9.47 Å². The van der Waals surface area contributed by atoms with Gasteiger partial charge in [-0.25, -0.2) is 4.79 Å². The molecule has 0 atom stereocenters. The van der Waals surface area contributed by atoms with Crippen LogP contribution in [0, 0.1) is 10.1 Å².